The number of benzene rings is 3. The maximum atomic E-state index is 12.7. The highest BCUT2D eigenvalue weighted by Crippen LogP contribution is 2.35. The predicted octanol–water partition coefficient (Wildman–Crippen LogP) is 4.03. The largest absolute Gasteiger partial charge is 0.483 e. The summed E-state index contributed by atoms with van der Waals surface area (Å²) < 4.78 is 16.0. The minimum atomic E-state index is -0.450. The lowest BCUT2D eigenvalue weighted by Gasteiger charge is -2.30. The molecule has 2 amide bonds. The third-order valence-electron chi connectivity index (χ3n) is 5.79. The second kappa shape index (κ2) is 10.3. The summed E-state index contributed by atoms with van der Waals surface area (Å²) in [6.07, 6.45) is 0. The van der Waals surface area contributed by atoms with Gasteiger partial charge in [-0.2, -0.15) is 0 Å². The summed E-state index contributed by atoms with van der Waals surface area (Å²) >= 11 is 0. The minimum absolute atomic E-state index is 0.0981. The number of methoxy groups -OCH3 is 1. The van der Waals surface area contributed by atoms with E-state index in [2.05, 4.69) is 5.32 Å². The Morgan fingerprint density at radius 2 is 1.86 bits per heavy atom. The molecule has 0 bridgehead atoms. The van der Waals surface area contributed by atoms with Crippen LogP contribution in [0.2, 0.25) is 0 Å². The molecule has 35 heavy (non-hydrogen) atoms. The normalized spacial score (nSPS) is 12.4. The van der Waals surface area contributed by atoms with Crippen LogP contribution in [0.1, 0.15) is 27.0 Å². The Kier molecular flexibility index (Phi) is 7.01. The number of nitrogens with zero attached hydrogens (tertiary/aromatic N) is 1. The van der Waals surface area contributed by atoms with Crippen LogP contribution in [0.15, 0.2) is 60.7 Å². The number of hydrogen-bond acceptors (Lipinski definition) is 6. The van der Waals surface area contributed by atoms with Gasteiger partial charge in [-0.05, 0) is 66.9 Å². The number of aryl methyl sites for hydroxylation is 1. The van der Waals surface area contributed by atoms with Crippen LogP contribution < -0.4 is 19.7 Å². The molecule has 1 N–H and O–H groups in total. The molecule has 8 nitrogen and oxygen atoms in total. The predicted molar refractivity (Wildman–Crippen MR) is 131 cm³/mol. The molecule has 0 saturated heterocycles. The van der Waals surface area contributed by atoms with Crippen molar-refractivity contribution in [1.82, 2.24) is 0 Å². The van der Waals surface area contributed by atoms with Gasteiger partial charge in [-0.3, -0.25) is 9.59 Å². The van der Waals surface area contributed by atoms with E-state index >= 15 is 0 Å². The van der Waals surface area contributed by atoms with Crippen molar-refractivity contribution < 1.29 is 28.6 Å². The fraction of sp³-hybridized carbons (Fsp3) is 0.222. The molecule has 180 valence electrons. The van der Waals surface area contributed by atoms with E-state index in [0.29, 0.717) is 28.4 Å². The van der Waals surface area contributed by atoms with Gasteiger partial charge in [0.25, 0.3) is 11.8 Å². The van der Waals surface area contributed by atoms with E-state index in [-0.39, 0.29) is 31.6 Å². The summed E-state index contributed by atoms with van der Waals surface area (Å²) in [6, 6.07) is 17.7. The maximum Gasteiger partial charge on any atom is 0.337 e. The van der Waals surface area contributed by atoms with Crippen molar-refractivity contribution in [2.75, 3.05) is 30.5 Å². The average Bonchev–Trinajstić information content (AvgIpc) is 2.86. The SMILES string of the molecule is COC(=O)c1cccc(CN2C(=O)COc3ccc(NC(=O)COc4cccc(C)c4C)cc32)c1. The molecule has 4 rings (SSSR count). The first-order valence-electron chi connectivity index (χ1n) is 11.1. The Balaban J connectivity index is 1.49. The molecular formula is C27H26N2O6. The number of esters is 1. The van der Waals surface area contributed by atoms with Gasteiger partial charge in [-0.1, -0.05) is 24.3 Å². The van der Waals surface area contributed by atoms with Crippen LogP contribution in [0.4, 0.5) is 11.4 Å². The zero-order chi connectivity index (χ0) is 24.9. The molecule has 1 aliphatic rings. The molecule has 1 heterocycles. The van der Waals surface area contributed by atoms with Gasteiger partial charge in [0.05, 0.1) is 24.9 Å². The Labute approximate surface area is 203 Å². The number of nitrogens with one attached hydrogen (secondary N) is 1. The van der Waals surface area contributed by atoms with Crippen LogP contribution in [0, 0.1) is 13.8 Å². The molecule has 3 aromatic rings. The van der Waals surface area contributed by atoms with Crippen LogP contribution in [0.25, 0.3) is 0 Å². The monoisotopic (exact) mass is 474 g/mol. The van der Waals surface area contributed by atoms with Crippen molar-refractivity contribution in [3.05, 3.63) is 82.9 Å². The second-order valence-corrected chi connectivity index (χ2v) is 8.18. The highest BCUT2D eigenvalue weighted by molar-refractivity contribution is 5.99. The average molecular weight is 475 g/mol. The Morgan fingerprint density at radius 1 is 1.06 bits per heavy atom. The Hall–Kier alpha value is -4.33. The summed E-state index contributed by atoms with van der Waals surface area (Å²) in [5, 5.41) is 2.81. The summed E-state index contributed by atoms with van der Waals surface area (Å²) in [5.41, 5.74) is 4.25. The summed E-state index contributed by atoms with van der Waals surface area (Å²) in [6.45, 7) is 3.90. The smallest absolute Gasteiger partial charge is 0.337 e. The van der Waals surface area contributed by atoms with Gasteiger partial charge in [0.1, 0.15) is 11.5 Å². The van der Waals surface area contributed by atoms with Crippen molar-refractivity contribution in [1.29, 1.82) is 0 Å². The first kappa shape index (κ1) is 23.8. The summed E-state index contributed by atoms with van der Waals surface area (Å²) in [7, 11) is 1.32. The number of fused-ring (bicyclic) bond motifs is 1. The molecule has 0 unspecified atom stereocenters. The molecule has 0 fully saturated rings. The van der Waals surface area contributed by atoms with E-state index in [9.17, 15) is 14.4 Å². The fourth-order valence-corrected chi connectivity index (χ4v) is 3.77. The van der Waals surface area contributed by atoms with Crippen molar-refractivity contribution in [3.63, 3.8) is 0 Å². The van der Waals surface area contributed by atoms with Crippen LogP contribution in [0.3, 0.4) is 0 Å². The zero-order valence-electron chi connectivity index (χ0n) is 19.8. The summed E-state index contributed by atoms with van der Waals surface area (Å²) in [5.74, 6) is 0.172. The van der Waals surface area contributed by atoms with E-state index in [4.69, 9.17) is 14.2 Å². The molecular weight excluding hydrogens is 448 g/mol. The number of ether oxygens (including phenoxy) is 3. The lowest BCUT2D eigenvalue weighted by molar-refractivity contribution is -0.121. The van der Waals surface area contributed by atoms with Crippen LogP contribution in [-0.2, 0) is 20.9 Å². The molecule has 0 spiro atoms. The topological polar surface area (TPSA) is 94.2 Å². The number of hydrogen-bond donors (Lipinski definition) is 1. The number of anilines is 2. The van der Waals surface area contributed by atoms with E-state index in [1.807, 2.05) is 38.1 Å². The number of carbonyl (C=O) groups is 3. The standard InChI is InChI=1S/C27H26N2O6/c1-17-6-4-9-23(18(17)2)34-15-25(30)28-21-10-11-24-22(13-21)29(26(31)16-35-24)14-19-7-5-8-20(12-19)27(32)33-3/h4-13H,14-16H2,1-3H3,(H,28,30). The second-order valence-electron chi connectivity index (χ2n) is 8.18. The van der Waals surface area contributed by atoms with E-state index in [1.165, 1.54) is 7.11 Å². The van der Waals surface area contributed by atoms with Crippen molar-refractivity contribution in [2.24, 2.45) is 0 Å². The minimum Gasteiger partial charge on any atom is -0.483 e. The highest BCUT2D eigenvalue weighted by Gasteiger charge is 2.26. The third-order valence-corrected chi connectivity index (χ3v) is 5.79. The first-order valence-corrected chi connectivity index (χ1v) is 11.1. The molecule has 3 aromatic carbocycles. The lowest BCUT2D eigenvalue weighted by Crippen LogP contribution is -2.38. The van der Waals surface area contributed by atoms with Crippen LogP contribution in [0.5, 0.6) is 11.5 Å². The third kappa shape index (κ3) is 5.43. The first-order chi connectivity index (χ1) is 16.9. The fourth-order valence-electron chi connectivity index (χ4n) is 3.77. The molecule has 0 aromatic heterocycles. The van der Waals surface area contributed by atoms with Gasteiger partial charge in [-0.25, -0.2) is 4.79 Å². The molecule has 0 saturated carbocycles. The number of amides is 2. The van der Waals surface area contributed by atoms with Crippen molar-refractivity contribution in [3.8, 4) is 11.5 Å². The highest BCUT2D eigenvalue weighted by atomic mass is 16.5. The lowest BCUT2D eigenvalue weighted by atomic mass is 10.1. The molecule has 0 atom stereocenters. The summed E-state index contributed by atoms with van der Waals surface area (Å²) in [4.78, 5) is 38.7. The van der Waals surface area contributed by atoms with Crippen molar-refractivity contribution in [2.45, 2.75) is 20.4 Å². The van der Waals surface area contributed by atoms with E-state index in [0.717, 1.165) is 16.7 Å². The van der Waals surface area contributed by atoms with E-state index < -0.39 is 5.97 Å². The Morgan fingerprint density at radius 3 is 2.66 bits per heavy atom. The van der Waals surface area contributed by atoms with Gasteiger partial charge in [0.2, 0.25) is 0 Å². The molecule has 0 aliphatic carbocycles. The number of carbonyl (C=O) groups excluding carboxylic acids is 3. The molecule has 0 radical (unpaired) electrons. The van der Waals surface area contributed by atoms with Gasteiger partial charge >= 0.3 is 5.97 Å². The molecule has 1 aliphatic heterocycles. The Bertz CT molecular complexity index is 1290. The van der Waals surface area contributed by atoms with Crippen LogP contribution in [-0.4, -0.2) is 38.1 Å². The van der Waals surface area contributed by atoms with Crippen molar-refractivity contribution >= 4 is 29.2 Å². The van der Waals surface area contributed by atoms with Gasteiger partial charge in [0.15, 0.2) is 13.2 Å². The van der Waals surface area contributed by atoms with Crippen LogP contribution >= 0.6 is 0 Å². The van der Waals surface area contributed by atoms with Gasteiger partial charge in [0, 0.05) is 5.69 Å². The van der Waals surface area contributed by atoms with E-state index in [1.54, 1.807) is 41.3 Å². The maximum absolute atomic E-state index is 12.7. The van der Waals surface area contributed by atoms with Gasteiger partial charge in [-0.15, -0.1) is 0 Å². The number of rotatable bonds is 7. The quantitative estimate of drug-likeness (QED) is 0.520. The zero-order valence-corrected chi connectivity index (χ0v) is 19.8. The van der Waals surface area contributed by atoms with Gasteiger partial charge < -0.3 is 24.4 Å². The molecule has 8 heteroatoms.